The summed E-state index contributed by atoms with van der Waals surface area (Å²) in [7, 11) is 0. The number of allylic oxidation sites excluding steroid dienone is 3. The van der Waals surface area contributed by atoms with Crippen molar-refractivity contribution in [1.82, 2.24) is 0 Å². The van der Waals surface area contributed by atoms with Gasteiger partial charge in [-0.1, -0.05) is 12.5 Å². The van der Waals surface area contributed by atoms with Crippen LogP contribution in [0.5, 0.6) is 0 Å². The van der Waals surface area contributed by atoms with Crippen molar-refractivity contribution in [3.8, 4) is 0 Å². The maximum atomic E-state index is 12.8. The Bertz CT molecular complexity index is 678. The van der Waals surface area contributed by atoms with E-state index in [0.717, 1.165) is 44.1 Å². The quantitative estimate of drug-likeness (QED) is 0.774. The van der Waals surface area contributed by atoms with E-state index < -0.39 is 5.41 Å². The van der Waals surface area contributed by atoms with Gasteiger partial charge in [0.15, 0.2) is 5.78 Å². The molecule has 6 unspecified atom stereocenters. The lowest BCUT2D eigenvalue weighted by atomic mass is 9.47. The molecule has 0 spiro atoms. The summed E-state index contributed by atoms with van der Waals surface area (Å²) in [4.78, 5) is 24.7. The first-order valence-corrected chi connectivity index (χ1v) is 9.24. The van der Waals surface area contributed by atoms with Gasteiger partial charge in [-0.3, -0.25) is 9.59 Å². The van der Waals surface area contributed by atoms with Gasteiger partial charge in [-0.25, -0.2) is 0 Å². The van der Waals surface area contributed by atoms with Crippen molar-refractivity contribution < 1.29 is 14.7 Å². The minimum atomic E-state index is -0.471. The van der Waals surface area contributed by atoms with E-state index in [4.69, 9.17) is 5.73 Å². The van der Waals surface area contributed by atoms with Crippen molar-refractivity contribution in [3.63, 3.8) is 0 Å². The van der Waals surface area contributed by atoms with Gasteiger partial charge >= 0.3 is 0 Å². The summed E-state index contributed by atoms with van der Waals surface area (Å²) in [5, 5.41) is 9.83. The molecule has 24 heavy (non-hydrogen) atoms. The zero-order valence-corrected chi connectivity index (χ0v) is 14.5. The summed E-state index contributed by atoms with van der Waals surface area (Å²) in [5.41, 5.74) is 6.32. The van der Waals surface area contributed by atoms with E-state index in [9.17, 15) is 14.7 Å². The number of ketones is 1. The first-order valence-electron chi connectivity index (χ1n) is 9.24. The smallest absolute Gasteiger partial charge is 0.221 e. The van der Waals surface area contributed by atoms with Crippen LogP contribution >= 0.6 is 0 Å². The van der Waals surface area contributed by atoms with Gasteiger partial charge in [0.2, 0.25) is 5.91 Å². The molecule has 0 aromatic heterocycles. The van der Waals surface area contributed by atoms with Crippen LogP contribution in [0, 0.1) is 34.5 Å². The van der Waals surface area contributed by atoms with Crippen molar-refractivity contribution in [1.29, 1.82) is 0 Å². The molecule has 4 heteroatoms. The summed E-state index contributed by atoms with van der Waals surface area (Å²) in [6, 6.07) is 0. The summed E-state index contributed by atoms with van der Waals surface area (Å²) in [5.74, 6) is 1.27. The molecule has 6 atom stereocenters. The molecule has 0 heterocycles. The number of carbonyl (C=O) groups is 2. The van der Waals surface area contributed by atoms with Gasteiger partial charge in [0.25, 0.3) is 0 Å². The van der Waals surface area contributed by atoms with Crippen LogP contribution in [0.15, 0.2) is 23.5 Å². The van der Waals surface area contributed by atoms with Crippen LogP contribution in [0.25, 0.3) is 0 Å². The normalized spacial score (nSPS) is 47.2. The van der Waals surface area contributed by atoms with Gasteiger partial charge in [-0.15, -0.1) is 0 Å². The summed E-state index contributed by atoms with van der Waals surface area (Å²) in [6.07, 6.45) is 9.03. The number of carbonyl (C=O) groups excluding carboxylic acids is 2. The average molecular weight is 329 g/mol. The minimum Gasteiger partial charge on any atom is -0.508 e. The first kappa shape index (κ1) is 15.9. The molecule has 3 N–H and O–H groups in total. The van der Waals surface area contributed by atoms with Gasteiger partial charge in [0, 0.05) is 12.0 Å². The molecule has 4 aliphatic rings. The number of amides is 1. The van der Waals surface area contributed by atoms with E-state index in [1.54, 1.807) is 0 Å². The Labute approximate surface area is 143 Å². The number of nitrogens with two attached hydrogens (primary N) is 1. The molecule has 0 bridgehead atoms. The van der Waals surface area contributed by atoms with Crippen LogP contribution in [0.4, 0.5) is 0 Å². The SMILES string of the molecule is CC12C(=O)C=C(O)C=C1CCC1C2CCC2(C)C(C(N)=O)CCC12. The van der Waals surface area contributed by atoms with Crippen molar-refractivity contribution in [3.05, 3.63) is 23.5 Å². The van der Waals surface area contributed by atoms with Gasteiger partial charge in [-0.2, -0.15) is 0 Å². The zero-order valence-electron chi connectivity index (χ0n) is 14.5. The van der Waals surface area contributed by atoms with Crippen LogP contribution in [0.3, 0.4) is 0 Å². The fourth-order valence-electron chi connectivity index (χ4n) is 6.76. The van der Waals surface area contributed by atoms with Crippen LogP contribution in [-0.4, -0.2) is 16.8 Å². The highest BCUT2D eigenvalue weighted by molar-refractivity contribution is 5.99. The van der Waals surface area contributed by atoms with Gasteiger partial charge in [0.1, 0.15) is 5.76 Å². The lowest BCUT2D eigenvalue weighted by molar-refractivity contribution is -0.136. The third-order valence-corrected chi connectivity index (χ3v) is 8.05. The monoisotopic (exact) mass is 329 g/mol. The van der Waals surface area contributed by atoms with E-state index in [2.05, 4.69) is 13.8 Å². The Morgan fingerprint density at radius 1 is 1.17 bits per heavy atom. The van der Waals surface area contributed by atoms with Crippen molar-refractivity contribution >= 4 is 11.7 Å². The maximum absolute atomic E-state index is 12.8. The highest BCUT2D eigenvalue weighted by Crippen LogP contribution is 2.65. The fraction of sp³-hybridized carbons (Fsp3) is 0.700. The first-order chi connectivity index (χ1) is 11.3. The zero-order chi connectivity index (χ0) is 17.3. The predicted molar refractivity (Wildman–Crippen MR) is 90.9 cm³/mol. The Hall–Kier alpha value is -1.58. The highest BCUT2D eigenvalue weighted by atomic mass is 16.3. The summed E-state index contributed by atoms with van der Waals surface area (Å²) in [6.45, 7) is 4.32. The second-order valence-electron chi connectivity index (χ2n) is 8.80. The molecule has 4 rings (SSSR count). The second kappa shape index (κ2) is 4.96. The molecule has 3 saturated carbocycles. The molecule has 130 valence electrons. The number of aliphatic hydroxyl groups is 1. The van der Waals surface area contributed by atoms with Crippen LogP contribution < -0.4 is 5.73 Å². The number of hydrogen-bond acceptors (Lipinski definition) is 3. The van der Waals surface area contributed by atoms with Gasteiger partial charge < -0.3 is 10.8 Å². The maximum Gasteiger partial charge on any atom is 0.221 e. The van der Waals surface area contributed by atoms with E-state index in [-0.39, 0.29) is 28.8 Å². The summed E-state index contributed by atoms with van der Waals surface area (Å²) < 4.78 is 0. The van der Waals surface area contributed by atoms with E-state index in [1.807, 2.05) is 6.08 Å². The van der Waals surface area contributed by atoms with Gasteiger partial charge in [0.05, 0.1) is 5.41 Å². The molecule has 0 saturated heterocycles. The van der Waals surface area contributed by atoms with E-state index in [1.165, 1.54) is 6.08 Å². The standard InChI is InChI=1S/C20H27NO3/c1-19-8-7-15-13(14(19)5-6-16(19)18(21)24)4-3-11-9-12(22)10-17(23)20(11,15)2/h9-10,13-16,22H,3-8H2,1-2H3,(H2,21,24). The fourth-order valence-corrected chi connectivity index (χ4v) is 6.76. The molecule has 3 fully saturated rings. The third-order valence-electron chi connectivity index (χ3n) is 8.05. The number of fused-ring (bicyclic) bond motifs is 5. The number of hydrogen-bond donors (Lipinski definition) is 2. The van der Waals surface area contributed by atoms with E-state index >= 15 is 0 Å². The number of primary amides is 1. The number of rotatable bonds is 1. The Balaban J connectivity index is 1.71. The van der Waals surface area contributed by atoms with E-state index in [0.29, 0.717) is 17.8 Å². The van der Waals surface area contributed by atoms with Crippen molar-refractivity contribution in [2.45, 2.75) is 52.4 Å². The molecule has 0 aromatic rings. The molecular weight excluding hydrogens is 302 g/mol. The Kier molecular flexibility index (Phi) is 3.29. The Morgan fingerprint density at radius 3 is 2.62 bits per heavy atom. The van der Waals surface area contributed by atoms with Crippen molar-refractivity contribution in [2.24, 2.45) is 40.2 Å². The lowest BCUT2D eigenvalue weighted by Crippen LogP contribution is -2.53. The topological polar surface area (TPSA) is 80.4 Å². The molecule has 0 radical (unpaired) electrons. The van der Waals surface area contributed by atoms with Crippen LogP contribution in [-0.2, 0) is 9.59 Å². The second-order valence-corrected chi connectivity index (χ2v) is 8.80. The third kappa shape index (κ3) is 1.86. The molecule has 4 aliphatic carbocycles. The molecule has 4 nitrogen and oxygen atoms in total. The van der Waals surface area contributed by atoms with Crippen LogP contribution in [0.2, 0.25) is 0 Å². The molecule has 0 aromatic carbocycles. The predicted octanol–water partition coefficient (Wildman–Crippen LogP) is 3.28. The minimum absolute atomic E-state index is 0.000268. The highest BCUT2D eigenvalue weighted by Gasteiger charge is 2.61. The molecular formula is C20H27NO3. The molecule has 1 amide bonds. The Morgan fingerprint density at radius 2 is 1.92 bits per heavy atom. The summed E-state index contributed by atoms with van der Waals surface area (Å²) >= 11 is 0. The average Bonchev–Trinajstić information content (AvgIpc) is 2.86. The van der Waals surface area contributed by atoms with Gasteiger partial charge in [-0.05, 0) is 74.7 Å². The number of aliphatic hydroxyl groups excluding tert-OH is 1. The van der Waals surface area contributed by atoms with Crippen LogP contribution in [0.1, 0.15) is 52.4 Å². The van der Waals surface area contributed by atoms with Crippen molar-refractivity contribution in [2.75, 3.05) is 0 Å². The lowest BCUT2D eigenvalue weighted by Gasteiger charge is -2.56. The largest absolute Gasteiger partial charge is 0.508 e. The molecule has 0 aliphatic heterocycles.